The maximum Gasteiger partial charge on any atom is 0.276 e. The molecular formula is C19H29IN6O. The topological polar surface area (TPSA) is 88.2 Å². The molecule has 1 aliphatic rings. The summed E-state index contributed by atoms with van der Waals surface area (Å²) < 4.78 is 5.27. The Morgan fingerprint density at radius 1 is 1.22 bits per heavy atom. The predicted octanol–water partition coefficient (Wildman–Crippen LogP) is 3.43. The smallest absolute Gasteiger partial charge is 0.276 e. The molecule has 0 unspecified atom stereocenters. The van der Waals surface area contributed by atoms with Crippen molar-refractivity contribution in [2.24, 2.45) is 10.9 Å². The summed E-state index contributed by atoms with van der Waals surface area (Å²) in [6, 6.07) is 5.61. The van der Waals surface area contributed by atoms with E-state index in [-0.39, 0.29) is 24.0 Å². The Bertz CT molecular complexity index is 685. The van der Waals surface area contributed by atoms with E-state index in [1.165, 1.54) is 38.5 Å². The van der Waals surface area contributed by atoms with Gasteiger partial charge in [0.05, 0.1) is 0 Å². The van der Waals surface area contributed by atoms with Gasteiger partial charge in [-0.2, -0.15) is 4.98 Å². The van der Waals surface area contributed by atoms with Gasteiger partial charge in [0, 0.05) is 32.8 Å². The van der Waals surface area contributed by atoms with Crippen LogP contribution in [0, 0.1) is 5.92 Å². The van der Waals surface area contributed by atoms with Crippen molar-refractivity contribution in [1.82, 2.24) is 25.8 Å². The second kappa shape index (κ2) is 11.9. The average molecular weight is 484 g/mol. The van der Waals surface area contributed by atoms with E-state index in [4.69, 9.17) is 4.52 Å². The zero-order valence-corrected chi connectivity index (χ0v) is 18.2. The minimum absolute atomic E-state index is 0. The zero-order valence-electron chi connectivity index (χ0n) is 15.9. The molecule has 0 aliphatic heterocycles. The molecule has 2 aromatic rings. The van der Waals surface area contributed by atoms with Crippen LogP contribution in [0.1, 0.15) is 44.3 Å². The van der Waals surface area contributed by atoms with Gasteiger partial charge in [-0.05, 0) is 30.9 Å². The van der Waals surface area contributed by atoms with E-state index in [0.29, 0.717) is 30.4 Å². The monoisotopic (exact) mass is 484 g/mol. The lowest BCUT2D eigenvalue weighted by molar-refractivity contribution is 0.421. The van der Waals surface area contributed by atoms with Crippen LogP contribution in [0.4, 0.5) is 0 Å². The van der Waals surface area contributed by atoms with Crippen LogP contribution >= 0.6 is 24.0 Å². The number of halogens is 1. The Morgan fingerprint density at radius 2 is 2.04 bits per heavy atom. The van der Waals surface area contributed by atoms with Crippen LogP contribution in [0.25, 0.3) is 11.6 Å². The first-order chi connectivity index (χ1) is 12.8. The van der Waals surface area contributed by atoms with Crippen molar-refractivity contribution in [3.05, 3.63) is 30.2 Å². The summed E-state index contributed by atoms with van der Waals surface area (Å²) in [5, 5.41) is 10.7. The van der Waals surface area contributed by atoms with Gasteiger partial charge in [-0.15, -0.1) is 24.0 Å². The molecular weight excluding hydrogens is 455 g/mol. The summed E-state index contributed by atoms with van der Waals surface area (Å²) in [7, 11) is 1.79. The lowest BCUT2D eigenvalue weighted by Crippen LogP contribution is -2.38. The van der Waals surface area contributed by atoms with Crippen molar-refractivity contribution < 1.29 is 4.52 Å². The highest BCUT2D eigenvalue weighted by atomic mass is 127. The van der Waals surface area contributed by atoms with Gasteiger partial charge in [0.1, 0.15) is 5.69 Å². The first kappa shape index (κ1) is 21.6. The third-order valence-corrected chi connectivity index (χ3v) is 4.77. The number of hydrogen-bond acceptors (Lipinski definition) is 5. The number of aromatic nitrogens is 3. The van der Waals surface area contributed by atoms with Crippen molar-refractivity contribution in [3.63, 3.8) is 0 Å². The van der Waals surface area contributed by atoms with E-state index < -0.39 is 0 Å². The lowest BCUT2D eigenvalue weighted by atomic mass is 10.0. The molecule has 0 bridgehead atoms. The van der Waals surface area contributed by atoms with Crippen LogP contribution in [0.3, 0.4) is 0 Å². The molecule has 0 saturated heterocycles. The second-order valence-electron chi connectivity index (χ2n) is 6.70. The van der Waals surface area contributed by atoms with E-state index in [1.807, 2.05) is 18.2 Å². The van der Waals surface area contributed by atoms with E-state index in [2.05, 4.69) is 30.8 Å². The average Bonchev–Trinajstić information content (AvgIpc) is 3.36. The predicted molar refractivity (Wildman–Crippen MR) is 117 cm³/mol. The molecule has 2 N–H and O–H groups in total. The molecule has 0 radical (unpaired) electrons. The lowest BCUT2D eigenvalue weighted by Gasteiger charge is -2.12. The third-order valence-electron chi connectivity index (χ3n) is 4.77. The third kappa shape index (κ3) is 7.08. The maximum absolute atomic E-state index is 5.27. The Balaban J connectivity index is 0.00000261. The fraction of sp³-hybridized carbons (Fsp3) is 0.579. The molecule has 27 heavy (non-hydrogen) atoms. The normalized spacial score (nSPS) is 14.8. The Morgan fingerprint density at radius 3 is 2.78 bits per heavy atom. The number of hydrogen-bond donors (Lipinski definition) is 2. The molecule has 0 amide bonds. The number of rotatable bonds is 8. The van der Waals surface area contributed by atoms with Crippen LogP contribution in [0.5, 0.6) is 0 Å². The fourth-order valence-electron chi connectivity index (χ4n) is 3.36. The molecule has 8 heteroatoms. The Hall–Kier alpha value is -1.71. The number of nitrogens with zero attached hydrogens (tertiary/aromatic N) is 4. The minimum Gasteiger partial charge on any atom is -0.356 e. The van der Waals surface area contributed by atoms with Gasteiger partial charge in [-0.3, -0.25) is 9.98 Å². The molecule has 1 fully saturated rings. The molecule has 148 valence electrons. The van der Waals surface area contributed by atoms with Gasteiger partial charge in [0.25, 0.3) is 5.89 Å². The first-order valence-corrected chi connectivity index (χ1v) is 9.53. The molecule has 7 nitrogen and oxygen atoms in total. The standard InChI is InChI=1S/C19H28N6O.HI/c1-20-19(22-13-6-9-15-7-2-3-8-15)23-14-11-17-24-18(26-25-17)16-10-4-5-12-21-16;/h4-5,10,12,15H,2-3,6-9,11,13-14H2,1H3,(H2,20,22,23);1H. The molecule has 0 aromatic carbocycles. The highest BCUT2D eigenvalue weighted by Gasteiger charge is 2.14. The van der Waals surface area contributed by atoms with Crippen molar-refractivity contribution >= 4 is 29.9 Å². The van der Waals surface area contributed by atoms with Gasteiger partial charge < -0.3 is 15.2 Å². The second-order valence-corrected chi connectivity index (χ2v) is 6.70. The summed E-state index contributed by atoms with van der Waals surface area (Å²) in [6.07, 6.45) is 10.6. The number of aliphatic imine (C=N–C) groups is 1. The van der Waals surface area contributed by atoms with Crippen LogP contribution in [0.2, 0.25) is 0 Å². The summed E-state index contributed by atoms with van der Waals surface area (Å²) in [5.74, 6) is 2.88. The van der Waals surface area contributed by atoms with Crippen molar-refractivity contribution in [3.8, 4) is 11.6 Å². The first-order valence-electron chi connectivity index (χ1n) is 9.53. The van der Waals surface area contributed by atoms with E-state index in [1.54, 1.807) is 13.2 Å². The van der Waals surface area contributed by atoms with E-state index in [9.17, 15) is 0 Å². The summed E-state index contributed by atoms with van der Waals surface area (Å²) in [4.78, 5) is 12.9. The Labute approximate surface area is 177 Å². The maximum atomic E-state index is 5.27. The number of guanidine groups is 1. The summed E-state index contributed by atoms with van der Waals surface area (Å²) >= 11 is 0. The molecule has 2 heterocycles. The van der Waals surface area contributed by atoms with Gasteiger partial charge in [-0.25, -0.2) is 0 Å². The highest BCUT2D eigenvalue weighted by Crippen LogP contribution is 2.28. The van der Waals surface area contributed by atoms with Crippen LogP contribution in [0.15, 0.2) is 33.9 Å². The van der Waals surface area contributed by atoms with Crippen molar-refractivity contribution in [2.45, 2.75) is 44.9 Å². The molecule has 2 aromatic heterocycles. The van der Waals surface area contributed by atoms with Crippen LogP contribution in [-0.2, 0) is 6.42 Å². The fourth-order valence-corrected chi connectivity index (χ4v) is 3.36. The summed E-state index contributed by atoms with van der Waals surface area (Å²) in [6.45, 7) is 1.66. The van der Waals surface area contributed by atoms with Crippen LogP contribution < -0.4 is 10.6 Å². The largest absolute Gasteiger partial charge is 0.356 e. The highest BCUT2D eigenvalue weighted by molar-refractivity contribution is 14.0. The minimum atomic E-state index is 0. The molecule has 1 aliphatic carbocycles. The van der Waals surface area contributed by atoms with Gasteiger partial charge in [-0.1, -0.05) is 36.9 Å². The van der Waals surface area contributed by atoms with Crippen LogP contribution in [-0.4, -0.2) is 41.2 Å². The van der Waals surface area contributed by atoms with Gasteiger partial charge in [0.2, 0.25) is 0 Å². The summed E-state index contributed by atoms with van der Waals surface area (Å²) in [5.41, 5.74) is 0.693. The molecule has 3 rings (SSSR count). The zero-order chi connectivity index (χ0) is 18.0. The van der Waals surface area contributed by atoms with Crippen molar-refractivity contribution in [1.29, 1.82) is 0 Å². The quantitative estimate of drug-likeness (QED) is 0.259. The number of nitrogens with one attached hydrogen (secondary N) is 2. The molecule has 1 saturated carbocycles. The van der Waals surface area contributed by atoms with Gasteiger partial charge in [0.15, 0.2) is 11.8 Å². The Kier molecular flexibility index (Phi) is 9.51. The van der Waals surface area contributed by atoms with Gasteiger partial charge >= 0.3 is 0 Å². The molecule has 0 spiro atoms. The SMILES string of the molecule is CN=C(NCCCC1CCCC1)NCCc1noc(-c2ccccn2)n1.I. The van der Waals surface area contributed by atoms with E-state index >= 15 is 0 Å². The van der Waals surface area contributed by atoms with E-state index in [0.717, 1.165) is 18.4 Å². The van der Waals surface area contributed by atoms with Crippen molar-refractivity contribution in [2.75, 3.05) is 20.1 Å². The number of pyridine rings is 1. The molecule has 0 atom stereocenters.